The summed E-state index contributed by atoms with van der Waals surface area (Å²) in [6.45, 7) is 4.10. The number of rotatable bonds is 6. The predicted octanol–water partition coefficient (Wildman–Crippen LogP) is 1.70. The second kappa shape index (κ2) is 7.53. The summed E-state index contributed by atoms with van der Waals surface area (Å²) in [6.07, 6.45) is 1.81. The SMILES string of the molecule is CCC(CC)N[C@H](C(=O)NC(N)=O)c1ccccc1. The molecule has 0 aliphatic rings. The standard InChI is InChI=1S/C14H21N3O2/c1-3-11(4-2)16-12(13(18)17-14(15)19)10-8-6-5-7-9-10/h5-9,11-12,16H,3-4H2,1-2H3,(H3,15,17,18,19)/t12-/m0/s1. The molecule has 4 N–H and O–H groups in total. The van der Waals surface area contributed by atoms with Crippen molar-refractivity contribution in [1.82, 2.24) is 10.6 Å². The molecule has 0 unspecified atom stereocenters. The molecule has 0 saturated carbocycles. The van der Waals surface area contributed by atoms with E-state index >= 15 is 0 Å². The molecule has 1 atom stereocenters. The van der Waals surface area contributed by atoms with Crippen LogP contribution in [0.4, 0.5) is 4.79 Å². The monoisotopic (exact) mass is 263 g/mol. The van der Waals surface area contributed by atoms with E-state index in [9.17, 15) is 9.59 Å². The van der Waals surface area contributed by atoms with Gasteiger partial charge in [0.15, 0.2) is 0 Å². The maximum Gasteiger partial charge on any atom is 0.318 e. The van der Waals surface area contributed by atoms with Crippen LogP contribution in [0, 0.1) is 0 Å². The molecule has 0 aromatic heterocycles. The van der Waals surface area contributed by atoms with Crippen molar-refractivity contribution in [3.63, 3.8) is 0 Å². The van der Waals surface area contributed by atoms with E-state index in [-0.39, 0.29) is 6.04 Å². The zero-order valence-corrected chi connectivity index (χ0v) is 11.3. The molecule has 19 heavy (non-hydrogen) atoms. The van der Waals surface area contributed by atoms with Crippen LogP contribution in [0.1, 0.15) is 38.3 Å². The first kappa shape index (κ1) is 15.2. The first-order chi connectivity index (χ1) is 9.08. The second-order valence-corrected chi connectivity index (χ2v) is 4.38. The van der Waals surface area contributed by atoms with Gasteiger partial charge in [-0.25, -0.2) is 4.79 Å². The fourth-order valence-corrected chi connectivity index (χ4v) is 1.92. The van der Waals surface area contributed by atoms with Crippen molar-refractivity contribution >= 4 is 11.9 Å². The van der Waals surface area contributed by atoms with Gasteiger partial charge in [0.05, 0.1) is 0 Å². The van der Waals surface area contributed by atoms with Crippen molar-refractivity contribution < 1.29 is 9.59 Å². The van der Waals surface area contributed by atoms with Crippen molar-refractivity contribution in [2.75, 3.05) is 0 Å². The van der Waals surface area contributed by atoms with Crippen molar-refractivity contribution in [2.45, 2.75) is 38.8 Å². The molecule has 0 aliphatic heterocycles. The van der Waals surface area contributed by atoms with Crippen LogP contribution < -0.4 is 16.4 Å². The molecule has 0 saturated heterocycles. The van der Waals surface area contributed by atoms with Gasteiger partial charge in [-0.05, 0) is 18.4 Å². The number of imide groups is 1. The molecule has 5 nitrogen and oxygen atoms in total. The summed E-state index contributed by atoms with van der Waals surface area (Å²) in [5.41, 5.74) is 5.82. The van der Waals surface area contributed by atoms with E-state index in [4.69, 9.17) is 5.73 Å². The Morgan fingerprint density at radius 1 is 1.16 bits per heavy atom. The molecule has 104 valence electrons. The summed E-state index contributed by atoms with van der Waals surface area (Å²) >= 11 is 0. The van der Waals surface area contributed by atoms with E-state index in [1.54, 1.807) is 0 Å². The summed E-state index contributed by atoms with van der Waals surface area (Å²) in [7, 11) is 0. The lowest BCUT2D eigenvalue weighted by Crippen LogP contribution is -2.45. The van der Waals surface area contributed by atoms with E-state index in [1.807, 2.05) is 30.3 Å². The van der Waals surface area contributed by atoms with E-state index in [0.29, 0.717) is 0 Å². The van der Waals surface area contributed by atoms with Gasteiger partial charge in [0.1, 0.15) is 6.04 Å². The minimum atomic E-state index is -0.836. The molecule has 1 aromatic carbocycles. The summed E-state index contributed by atoms with van der Waals surface area (Å²) < 4.78 is 0. The quantitative estimate of drug-likeness (QED) is 0.730. The van der Waals surface area contributed by atoms with Gasteiger partial charge in [0, 0.05) is 6.04 Å². The smallest absolute Gasteiger partial charge is 0.318 e. The lowest BCUT2D eigenvalue weighted by Gasteiger charge is -2.23. The van der Waals surface area contributed by atoms with E-state index in [2.05, 4.69) is 24.5 Å². The molecule has 5 heteroatoms. The zero-order chi connectivity index (χ0) is 14.3. The normalized spacial score (nSPS) is 12.2. The molecule has 0 aliphatic carbocycles. The van der Waals surface area contributed by atoms with Gasteiger partial charge in [-0.3, -0.25) is 15.4 Å². The summed E-state index contributed by atoms with van der Waals surface area (Å²) in [5.74, 6) is -0.425. The molecule has 0 bridgehead atoms. The number of carbonyl (C=O) groups is 2. The minimum absolute atomic E-state index is 0.212. The van der Waals surface area contributed by atoms with Crippen LogP contribution in [0.3, 0.4) is 0 Å². The van der Waals surface area contributed by atoms with Gasteiger partial charge in [0.2, 0.25) is 5.91 Å². The highest BCUT2D eigenvalue weighted by Crippen LogP contribution is 2.15. The van der Waals surface area contributed by atoms with Crippen molar-refractivity contribution in [2.24, 2.45) is 5.73 Å². The number of carbonyl (C=O) groups excluding carboxylic acids is 2. The third kappa shape index (κ3) is 4.71. The van der Waals surface area contributed by atoms with Crippen LogP contribution >= 0.6 is 0 Å². The maximum atomic E-state index is 12.0. The molecule has 0 fully saturated rings. The fraction of sp³-hybridized carbons (Fsp3) is 0.429. The van der Waals surface area contributed by atoms with Crippen LogP contribution in [0.15, 0.2) is 30.3 Å². The Morgan fingerprint density at radius 3 is 2.21 bits per heavy atom. The van der Waals surface area contributed by atoms with E-state index in [1.165, 1.54) is 0 Å². The number of amides is 3. The van der Waals surface area contributed by atoms with Gasteiger partial charge in [-0.15, -0.1) is 0 Å². The van der Waals surface area contributed by atoms with Crippen LogP contribution in [-0.2, 0) is 4.79 Å². The lowest BCUT2D eigenvalue weighted by molar-refractivity contribution is -0.122. The van der Waals surface area contributed by atoms with Crippen LogP contribution in [-0.4, -0.2) is 18.0 Å². The van der Waals surface area contributed by atoms with Crippen LogP contribution in [0.25, 0.3) is 0 Å². The zero-order valence-electron chi connectivity index (χ0n) is 11.3. The number of hydrogen-bond acceptors (Lipinski definition) is 3. The van der Waals surface area contributed by atoms with Gasteiger partial charge >= 0.3 is 6.03 Å². The average Bonchev–Trinajstić information content (AvgIpc) is 2.40. The molecular formula is C14H21N3O2. The second-order valence-electron chi connectivity index (χ2n) is 4.38. The Balaban J connectivity index is 2.90. The Bertz CT molecular complexity index is 416. The number of urea groups is 1. The number of primary amides is 1. The van der Waals surface area contributed by atoms with Crippen molar-refractivity contribution in [3.8, 4) is 0 Å². The van der Waals surface area contributed by atoms with Crippen LogP contribution in [0.5, 0.6) is 0 Å². The molecule has 3 amide bonds. The highest BCUT2D eigenvalue weighted by atomic mass is 16.2. The van der Waals surface area contributed by atoms with Crippen LogP contribution in [0.2, 0.25) is 0 Å². The summed E-state index contributed by atoms with van der Waals surface area (Å²) in [5, 5.41) is 5.39. The molecule has 0 radical (unpaired) electrons. The number of nitrogens with two attached hydrogens (primary N) is 1. The Kier molecular flexibility index (Phi) is 6.02. The largest absolute Gasteiger partial charge is 0.351 e. The predicted molar refractivity (Wildman–Crippen MR) is 74.4 cm³/mol. The number of nitrogens with one attached hydrogen (secondary N) is 2. The molecular weight excluding hydrogens is 242 g/mol. The fourth-order valence-electron chi connectivity index (χ4n) is 1.92. The van der Waals surface area contributed by atoms with Gasteiger partial charge in [-0.1, -0.05) is 44.2 Å². The van der Waals surface area contributed by atoms with Gasteiger partial charge < -0.3 is 5.73 Å². The Labute approximate surface area is 113 Å². The highest BCUT2D eigenvalue weighted by Gasteiger charge is 2.23. The Hall–Kier alpha value is -1.88. The molecule has 0 heterocycles. The molecule has 1 rings (SSSR count). The minimum Gasteiger partial charge on any atom is -0.351 e. The first-order valence-corrected chi connectivity index (χ1v) is 6.49. The summed E-state index contributed by atoms with van der Waals surface area (Å²) in [6, 6.07) is 8.09. The van der Waals surface area contributed by atoms with Crippen molar-refractivity contribution in [3.05, 3.63) is 35.9 Å². The maximum absolute atomic E-state index is 12.0. The van der Waals surface area contributed by atoms with E-state index in [0.717, 1.165) is 18.4 Å². The average molecular weight is 263 g/mol. The molecule has 1 aromatic rings. The van der Waals surface area contributed by atoms with Crippen molar-refractivity contribution in [1.29, 1.82) is 0 Å². The topological polar surface area (TPSA) is 84.2 Å². The van der Waals surface area contributed by atoms with Gasteiger partial charge in [-0.2, -0.15) is 0 Å². The number of hydrogen-bond donors (Lipinski definition) is 3. The Morgan fingerprint density at radius 2 is 1.74 bits per heavy atom. The third-order valence-electron chi connectivity index (χ3n) is 3.03. The lowest BCUT2D eigenvalue weighted by atomic mass is 10.0. The van der Waals surface area contributed by atoms with Gasteiger partial charge in [0.25, 0.3) is 0 Å². The summed E-state index contributed by atoms with van der Waals surface area (Å²) in [4.78, 5) is 22.9. The highest BCUT2D eigenvalue weighted by molar-refractivity contribution is 5.96. The number of benzene rings is 1. The van der Waals surface area contributed by atoms with E-state index < -0.39 is 18.0 Å². The third-order valence-corrected chi connectivity index (χ3v) is 3.03. The first-order valence-electron chi connectivity index (χ1n) is 6.49. The molecule has 0 spiro atoms.